The van der Waals surface area contributed by atoms with Gasteiger partial charge in [0, 0.05) is 5.57 Å². The average Bonchev–Trinajstić information content (AvgIpc) is 2.20. The minimum atomic E-state index is -1.18. The van der Waals surface area contributed by atoms with Crippen LogP contribution in [0.2, 0.25) is 0 Å². The van der Waals surface area contributed by atoms with E-state index in [1.165, 1.54) is 6.92 Å². The number of aliphatic hydroxyl groups is 3. The van der Waals surface area contributed by atoms with Crippen molar-refractivity contribution in [1.29, 1.82) is 0 Å². The summed E-state index contributed by atoms with van der Waals surface area (Å²) in [6.45, 7) is 3.26. The molecule has 0 aromatic heterocycles. The van der Waals surface area contributed by atoms with E-state index in [0.717, 1.165) is 0 Å². The summed E-state index contributed by atoms with van der Waals surface area (Å²) in [6, 6.07) is 0. The Morgan fingerprint density at radius 2 is 1.71 bits per heavy atom. The van der Waals surface area contributed by atoms with Gasteiger partial charge < -0.3 is 20.1 Å². The summed E-state index contributed by atoms with van der Waals surface area (Å²) in [4.78, 5) is 11.0. The molecule has 0 fully saturated rings. The summed E-state index contributed by atoms with van der Waals surface area (Å²) < 4.78 is 4.72. The molecule has 0 saturated heterocycles. The summed E-state index contributed by atoms with van der Waals surface area (Å²) in [5, 5.41) is 26.7. The molecule has 0 radical (unpaired) electrons. The molecule has 0 aliphatic rings. The van der Waals surface area contributed by atoms with Gasteiger partial charge in [-0.3, -0.25) is 0 Å². The number of hydrogen-bond donors (Lipinski definition) is 3. The predicted molar refractivity (Wildman–Crippen MR) is 49.5 cm³/mol. The van der Waals surface area contributed by atoms with E-state index in [0.29, 0.717) is 0 Å². The number of carbonyl (C=O) groups is 1. The third kappa shape index (κ3) is 3.45. The molecule has 0 unspecified atom stereocenters. The SMILES string of the molecule is C=C(C)C(=O)OCC(CO)(CO)CO. The zero-order valence-electron chi connectivity index (χ0n) is 8.19. The first-order chi connectivity index (χ1) is 6.51. The second-order valence-corrected chi connectivity index (χ2v) is 3.33. The lowest BCUT2D eigenvalue weighted by molar-refractivity contribution is -0.146. The Bertz CT molecular complexity index is 199. The van der Waals surface area contributed by atoms with Gasteiger partial charge in [0.1, 0.15) is 6.61 Å². The first-order valence-electron chi connectivity index (χ1n) is 4.16. The second kappa shape index (κ2) is 5.74. The van der Waals surface area contributed by atoms with Gasteiger partial charge in [0.15, 0.2) is 0 Å². The highest BCUT2D eigenvalue weighted by atomic mass is 16.5. The smallest absolute Gasteiger partial charge is 0.333 e. The third-order valence-electron chi connectivity index (χ3n) is 1.86. The van der Waals surface area contributed by atoms with Crippen LogP contribution in [-0.2, 0) is 9.53 Å². The zero-order valence-corrected chi connectivity index (χ0v) is 8.19. The number of carbonyl (C=O) groups excluding carboxylic acids is 1. The van der Waals surface area contributed by atoms with Gasteiger partial charge in [-0.15, -0.1) is 0 Å². The number of rotatable bonds is 6. The predicted octanol–water partition coefficient (Wildman–Crippen LogP) is -0.931. The van der Waals surface area contributed by atoms with Crippen molar-refractivity contribution in [3.8, 4) is 0 Å². The maximum atomic E-state index is 11.0. The van der Waals surface area contributed by atoms with Gasteiger partial charge in [0.2, 0.25) is 0 Å². The van der Waals surface area contributed by atoms with E-state index in [2.05, 4.69) is 6.58 Å². The minimum absolute atomic E-state index is 0.229. The van der Waals surface area contributed by atoms with Crippen LogP contribution >= 0.6 is 0 Å². The van der Waals surface area contributed by atoms with Crippen LogP contribution < -0.4 is 0 Å². The first kappa shape index (κ1) is 13.1. The Hall–Kier alpha value is -0.910. The van der Waals surface area contributed by atoms with Crippen molar-refractivity contribution < 1.29 is 24.9 Å². The molecule has 82 valence electrons. The maximum absolute atomic E-state index is 11.0. The molecule has 0 aliphatic carbocycles. The quantitative estimate of drug-likeness (QED) is 0.384. The highest BCUT2D eigenvalue weighted by molar-refractivity contribution is 5.86. The lowest BCUT2D eigenvalue weighted by Gasteiger charge is -2.26. The first-order valence-corrected chi connectivity index (χ1v) is 4.16. The fourth-order valence-corrected chi connectivity index (χ4v) is 0.629. The average molecular weight is 204 g/mol. The van der Waals surface area contributed by atoms with Crippen molar-refractivity contribution in [3.63, 3.8) is 0 Å². The van der Waals surface area contributed by atoms with Crippen molar-refractivity contribution in [3.05, 3.63) is 12.2 Å². The van der Waals surface area contributed by atoms with E-state index in [4.69, 9.17) is 20.1 Å². The van der Waals surface area contributed by atoms with Crippen molar-refractivity contribution in [2.24, 2.45) is 5.41 Å². The fourth-order valence-electron chi connectivity index (χ4n) is 0.629. The van der Waals surface area contributed by atoms with Gasteiger partial charge in [0.05, 0.1) is 25.2 Å². The van der Waals surface area contributed by atoms with E-state index < -0.39 is 31.2 Å². The maximum Gasteiger partial charge on any atom is 0.333 e. The summed E-state index contributed by atoms with van der Waals surface area (Å²) in [5.74, 6) is -0.607. The number of esters is 1. The van der Waals surface area contributed by atoms with Crippen LogP contribution in [0.3, 0.4) is 0 Å². The van der Waals surface area contributed by atoms with Gasteiger partial charge in [-0.25, -0.2) is 4.79 Å². The normalized spacial score (nSPS) is 11.1. The Labute approximate surface area is 82.6 Å². The van der Waals surface area contributed by atoms with E-state index in [9.17, 15) is 4.79 Å². The van der Waals surface area contributed by atoms with E-state index in [-0.39, 0.29) is 12.2 Å². The highest BCUT2D eigenvalue weighted by Gasteiger charge is 2.30. The molecule has 0 spiro atoms. The van der Waals surface area contributed by atoms with Crippen molar-refractivity contribution in [2.45, 2.75) is 6.92 Å². The molecule has 0 aromatic rings. The van der Waals surface area contributed by atoms with Crippen LogP contribution in [0, 0.1) is 5.41 Å². The molecule has 3 N–H and O–H groups in total. The Balaban J connectivity index is 4.19. The van der Waals surface area contributed by atoms with Gasteiger partial charge >= 0.3 is 5.97 Å². The zero-order chi connectivity index (χ0) is 11.2. The Morgan fingerprint density at radius 1 is 1.29 bits per heavy atom. The molecule has 0 saturated carbocycles. The van der Waals surface area contributed by atoms with Crippen LogP contribution in [0.15, 0.2) is 12.2 Å². The van der Waals surface area contributed by atoms with Gasteiger partial charge in [-0.05, 0) is 6.92 Å². The molecule has 0 aromatic carbocycles. The minimum Gasteiger partial charge on any atom is -0.461 e. The van der Waals surface area contributed by atoms with Crippen LogP contribution in [-0.4, -0.2) is 47.7 Å². The summed E-state index contributed by atoms with van der Waals surface area (Å²) >= 11 is 0. The topological polar surface area (TPSA) is 87.0 Å². The molecular formula is C9H16O5. The molecule has 0 aliphatic heterocycles. The second-order valence-electron chi connectivity index (χ2n) is 3.33. The molecule has 0 amide bonds. The monoisotopic (exact) mass is 204 g/mol. The van der Waals surface area contributed by atoms with E-state index in [1.807, 2.05) is 0 Å². The highest BCUT2D eigenvalue weighted by Crippen LogP contribution is 2.15. The van der Waals surface area contributed by atoms with Gasteiger partial charge in [0.25, 0.3) is 0 Å². The molecule has 5 heteroatoms. The molecule has 0 atom stereocenters. The number of ether oxygens (including phenoxy) is 1. The number of aliphatic hydroxyl groups excluding tert-OH is 3. The molecule has 0 heterocycles. The van der Waals surface area contributed by atoms with Gasteiger partial charge in [-0.1, -0.05) is 6.58 Å². The van der Waals surface area contributed by atoms with E-state index >= 15 is 0 Å². The largest absolute Gasteiger partial charge is 0.461 e. The lowest BCUT2D eigenvalue weighted by atomic mass is 9.93. The lowest BCUT2D eigenvalue weighted by Crippen LogP contribution is -2.39. The molecule has 0 rings (SSSR count). The third-order valence-corrected chi connectivity index (χ3v) is 1.86. The van der Waals surface area contributed by atoms with Crippen LogP contribution in [0.5, 0.6) is 0 Å². The summed E-state index contributed by atoms with van der Waals surface area (Å²) in [6.07, 6.45) is 0. The summed E-state index contributed by atoms with van der Waals surface area (Å²) in [7, 11) is 0. The molecule has 5 nitrogen and oxygen atoms in total. The Morgan fingerprint density at radius 3 is 2.00 bits per heavy atom. The van der Waals surface area contributed by atoms with Crippen molar-refractivity contribution >= 4 is 5.97 Å². The van der Waals surface area contributed by atoms with Crippen molar-refractivity contribution in [2.75, 3.05) is 26.4 Å². The van der Waals surface area contributed by atoms with E-state index in [1.54, 1.807) is 0 Å². The van der Waals surface area contributed by atoms with Crippen LogP contribution in [0.1, 0.15) is 6.92 Å². The molecule has 0 bridgehead atoms. The standard InChI is InChI=1S/C9H16O5/c1-7(2)8(13)14-6-9(3-10,4-11)5-12/h10-12H,1,3-6H2,2H3. The molecular weight excluding hydrogens is 188 g/mol. The van der Waals surface area contributed by atoms with Crippen LogP contribution in [0.4, 0.5) is 0 Å². The number of hydrogen-bond acceptors (Lipinski definition) is 5. The van der Waals surface area contributed by atoms with Gasteiger partial charge in [-0.2, -0.15) is 0 Å². The van der Waals surface area contributed by atoms with Crippen LogP contribution in [0.25, 0.3) is 0 Å². The van der Waals surface area contributed by atoms with Crippen molar-refractivity contribution in [1.82, 2.24) is 0 Å². The molecule has 14 heavy (non-hydrogen) atoms. The Kier molecular flexibility index (Phi) is 5.37. The summed E-state index contributed by atoms with van der Waals surface area (Å²) in [5.41, 5.74) is -0.946. The fraction of sp³-hybridized carbons (Fsp3) is 0.667.